The van der Waals surface area contributed by atoms with Crippen molar-refractivity contribution >= 4 is 36.3 Å². The van der Waals surface area contributed by atoms with Gasteiger partial charge in [0, 0.05) is 12.2 Å². The zero-order valence-electron chi connectivity index (χ0n) is 21.5. The summed E-state index contributed by atoms with van der Waals surface area (Å²) in [5, 5.41) is 26.8. The third-order valence-electron chi connectivity index (χ3n) is 5.78. The second-order valence-corrected chi connectivity index (χ2v) is 9.87. The summed E-state index contributed by atoms with van der Waals surface area (Å²) in [4.78, 5) is 50.6. The van der Waals surface area contributed by atoms with Gasteiger partial charge in [-0.15, -0.1) is 0 Å². The average molecular weight is 545 g/mol. The van der Waals surface area contributed by atoms with Crippen LogP contribution in [0.4, 0.5) is 0 Å². The molecule has 0 bridgehead atoms. The lowest BCUT2D eigenvalue weighted by atomic mass is 10.0. The lowest BCUT2D eigenvalue weighted by molar-refractivity contribution is -0.142. The smallest absolute Gasteiger partial charge is 0.326 e. The monoisotopic (exact) mass is 544 g/mol. The molecule has 0 radical (unpaired) electrons. The van der Waals surface area contributed by atoms with Gasteiger partial charge in [0.15, 0.2) is 0 Å². The molecule has 2 aromatic rings. The fourth-order valence-corrected chi connectivity index (χ4v) is 4.01. The number of nitrogens with one attached hydrogen (secondary N) is 3. The number of thiol groups is 1. The first-order valence-electron chi connectivity index (χ1n) is 12.3. The number of aliphatic carboxylic acids is 1. The highest BCUT2D eigenvalue weighted by Gasteiger charge is 2.30. The van der Waals surface area contributed by atoms with Crippen LogP contribution in [-0.4, -0.2) is 63.8 Å². The molecule has 0 aromatic heterocycles. The number of hydrogen-bond donors (Lipinski definition) is 7. The molecular weight excluding hydrogens is 508 g/mol. The minimum absolute atomic E-state index is 0.00501. The topological polar surface area (TPSA) is 171 Å². The fraction of sp³-hybridized carbons (Fsp3) is 0.407. The predicted molar refractivity (Wildman–Crippen MR) is 147 cm³/mol. The van der Waals surface area contributed by atoms with Crippen molar-refractivity contribution in [2.24, 2.45) is 11.7 Å². The Morgan fingerprint density at radius 1 is 0.789 bits per heavy atom. The molecule has 0 aliphatic rings. The first-order chi connectivity index (χ1) is 18.0. The Morgan fingerprint density at radius 2 is 1.32 bits per heavy atom. The van der Waals surface area contributed by atoms with Crippen molar-refractivity contribution in [1.82, 2.24) is 16.0 Å². The van der Waals surface area contributed by atoms with Crippen LogP contribution in [0.5, 0.6) is 5.75 Å². The first kappa shape index (κ1) is 30.7. The number of benzene rings is 2. The Hall–Kier alpha value is -3.57. The Labute approximate surface area is 227 Å². The molecule has 2 rings (SSSR count). The highest BCUT2D eigenvalue weighted by molar-refractivity contribution is 7.80. The molecule has 2 aromatic carbocycles. The van der Waals surface area contributed by atoms with Gasteiger partial charge in [-0.25, -0.2) is 4.79 Å². The second kappa shape index (κ2) is 15.0. The van der Waals surface area contributed by atoms with Gasteiger partial charge in [-0.1, -0.05) is 56.3 Å². The molecule has 206 valence electrons. The van der Waals surface area contributed by atoms with Gasteiger partial charge >= 0.3 is 5.97 Å². The molecule has 7 N–H and O–H groups in total. The van der Waals surface area contributed by atoms with Crippen LogP contribution >= 0.6 is 12.6 Å². The Bertz CT molecular complexity index is 1080. The minimum Gasteiger partial charge on any atom is -0.508 e. The van der Waals surface area contributed by atoms with Crippen molar-refractivity contribution in [3.8, 4) is 5.75 Å². The molecule has 38 heavy (non-hydrogen) atoms. The number of carboxylic acid groups (broad SMARTS) is 1. The number of carbonyl (C=O) groups excluding carboxylic acids is 3. The van der Waals surface area contributed by atoms with Crippen molar-refractivity contribution < 1.29 is 29.4 Å². The van der Waals surface area contributed by atoms with Crippen molar-refractivity contribution in [3.05, 3.63) is 65.7 Å². The van der Waals surface area contributed by atoms with Crippen molar-refractivity contribution in [2.45, 2.75) is 57.3 Å². The van der Waals surface area contributed by atoms with Gasteiger partial charge in [-0.2, -0.15) is 12.6 Å². The first-order valence-corrected chi connectivity index (χ1v) is 13.0. The van der Waals surface area contributed by atoms with E-state index >= 15 is 0 Å². The lowest BCUT2D eigenvalue weighted by Gasteiger charge is -2.25. The van der Waals surface area contributed by atoms with E-state index in [4.69, 9.17) is 5.73 Å². The minimum atomic E-state index is -1.19. The van der Waals surface area contributed by atoms with E-state index in [9.17, 15) is 29.4 Å². The molecule has 4 atom stereocenters. The highest BCUT2D eigenvalue weighted by Crippen LogP contribution is 2.13. The summed E-state index contributed by atoms with van der Waals surface area (Å²) in [5.41, 5.74) is 7.51. The van der Waals surface area contributed by atoms with E-state index < -0.39 is 47.9 Å². The summed E-state index contributed by atoms with van der Waals surface area (Å²) in [6, 6.07) is 11.0. The highest BCUT2D eigenvalue weighted by atomic mass is 32.1. The van der Waals surface area contributed by atoms with E-state index in [0.717, 1.165) is 5.56 Å². The summed E-state index contributed by atoms with van der Waals surface area (Å²) in [6.07, 6.45) is 0.494. The number of carbonyl (C=O) groups is 4. The molecule has 0 saturated carbocycles. The maximum absolute atomic E-state index is 13.1. The van der Waals surface area contributed by atoms with Crippen molar-refractivity contribution in [2.75, 3.05) is 5.75 Å². The number of phenolic OH excluding ortho intramolecular Hbond substituents is 1. The number of phenols is 1. The maximum Gasteiger partial charge on any atom is 0.326 e. The molecule has 10 nitrogen and oxygen atoms in total. The van der Waals surface area contributed by atoms with Crippen LogP contribution < -0.4 is 21.7 Å². The van der Waals surface area contributed by atoms with Gasteiger partial charge in [0.05, 0.1) is 6.04 Å². The molecular formula is C27H36N4O6S. The third kappa shape index (κ3) is 10.1. The molecule has 0 heterocycles. The molecule has 4 unspecified atom stereocenters. The molecule has 0 aliphatic carbocycles. The predicted octanol–water partition coefficient (Wildman–Crippen LogP) is 1.02. The molecule has 0 fully saturated rings. The molecule has 0 saturated heterocycles. The molecule has 11 heteroatoms. The van der Waals surface area contributed by atoms with E-state index in [-0.39, 0.29) is 36.7 Å². The zero-order valence-corrected chi connectivity index (χ0v) is 22.4. The molecule has 0 aliphatic heterocycles. The average Bonchev–Trinajstić information content (AvgIpc) is 2.87. The third-order valence-corrected chi connectivity index (χ3v) is 6.15. The lowest BCUT2D eigenvalue weighted by Crippen LogP contribution is -2.58. The summed E-state index contributed by atoms with van der Waals surface area (Å²) in [5.74, 6) is -3.12. The van der Waals surface area contributed by atoms with Crippen LogP contribution in [0.15, 0.2) is 54.6 Å². The van der Waals surface area contributed by atoms with Gasteiger partial charge < -0.3 is 31.9 Å². The van der Waals surface area contributed by atoms with E-state index in [1.54, 1.807) is 12.1 Å². The number of carboxylic acids is 1. The number of hydrogen-bond acceptors (Lipinski definition) is 7. The SMILES string of the molecule is CC(C)CC(NC(=O)C(Cc1ccc(O)cc1)NC(=O)C(CS)NC(=O)C(N)Cc1ccccc1)C(=O)O. The van der Waals surface area contributed by atoms with Gasteiger partial charge in [-0.3, -0.25) is 14.4 Å². The molecule has 0 spiro atoms. The van der Waals surface area contributed by atoms with Gasteiger partial charge in [0.2, 0.25) is 17.7 Å². The van der Waals surface area contributed by atoms with Crippen LogP contribution in [0.1, 0.15) is 31.4 Å². The van der Waals surface area contributed by atoms with Crippen molar-refractivity contribution in [1.29, 1.82) is 0 Å². The summed E-state index contributed by atoms with van der Waals surface area (Å²) in [6.45, 7) is 3.67. The summed E-state index contributed by atoms with van der Waals surface area (Å²) in [7, 11) is 0. The van der Waals surface area contributed by atoms with Gasteiger partial charge in [0.1, 0.15) is 23.9 Å². The number of aromatic hydroxyl groups is 1. The van der Waals surface area contributed by atoms with Crippen LogP contribution in [0, 0.1) is 5.92 Å². The number of amides is 3. The standard InChI is InChI=1S/C27H36N4O6S/c1-16(2)12-22(27(36)37)30-25(34)21(14-18-8-10-19(32)11-9-18)29-26(35)23(15-38)31-24(33)20(28)13-17-6-4-3-5-7-17/h3-11,16,20-23,32,38H,12-15,28H2,1-2H3,(H,29,35)(H,30,34)(H,31,33)(H,36,37). The van der Waals surface area contributed by atoms with Crippen LogP contribution in [0.25, 0.3) is 0 Å². The Kier molecular flexibility index (Phi) is 12.1. The van der Waals surface area contributed by atoms with E-state index in [1.165, 1.54) is 12.1 Å². The Balaban J connectivity index is 2.14. The fourth-order valence-electron chi connectivity index (χ4n) is 3.75. The van der Waals surface area contributed by atoms with E-state index in [2.05, 4.69) is 28.6 Å². The maximum atomic E-state index is 13.1. The van der Waals surface area contributed by atoms with Crippen LogP contribution in [0.2, 0.25) is 0 Å². The van der Waals surface area contributed by atoms with Crippen LogP contribution in [-0.2, 0) is 32.0 Å². The van der Waals surface area contributed by atoms with Crippen molar-refractivity contribution in [3.63, 3.8) is 0 Å². The normalized spacial score (nSPS) is 14.1. The van der Waals surface area contributed by atoms with Gasteiger partial charge in [0.25, 0.3) is 0 Å². The van der Waals surface area contributed by atoms with Gasteiger partial charge in [-0.05, 0) is 42.0 Å². The second-order valence-electron chi connectivity index (χ2n) is 9.50. The van der Waals surface area contributed by atoms with Crippen LogP contribution in [0.3, 0.4) is 0 Å². The summed E-state index contributed by atoms with van der Waals surface area (Å²) >= 11 is 4.18. The number of rotatable bonds is 14. The van der Waals surface area contributed by atoms with E-state index in [1.807, 2.05) is 44.2 Å². The number of nitrogens with two attached hydrogens (primary N) is 1. The van der Waals surface area contributed by atoms with E-state index in [0.29, 0.717) is 5.56 Å². The summed E-state index contributed by atoms with van der Waals surface area (Å²) < 4.78 is 0. The largest absolute Gasteiger partial charge is 0.508 e. The zero-order chi connectivity index (χ0) is 28.2. The molecule has 3 amide bonds. The Morgan fingerprint density at radius 3 is 1.87 bits per heavy atom. The quantitative estimate of drug-likeness (QED) is 0.174.